The van der Waals surface area contributed by atoms with E-state index in [1.54, 1.807) is 0 Å². The van der Waals surface area contributed by atoms with Crippen LogP contribution in [0.25, 0.3) is 11.1 Å². The molecule has 15 heavy (non-hydrogen) atoms. The zero-order valence-corrected chi connectivity index (χ0v) is 8.39. The molecule has 0 spiro atoms. The number of nitrogens with zero attached hydrogens (tertiary/aromatic N) is 1. The number of aromatic nitrogens is 1. The molecule has 1 atom stereocenters. The second kappa shape index (κ2) is 3.35. The van der Waals surface area contributed by atoms with Gasteiger partial charge in [-0.3, -0.25) is 0 Å². The SMILES string of the molecule is O[C@@H](CC1CC1)c1nc2ccccc2o1. The van der Waals surface area contributed by atoms with Gasteiger partial charge in [0, 0.05) is 0 Å². The number of para-hydroxylation sites is 2. The Morgan fingerprint density at radius 1 is 1.40 bits per heavy atom. The number of aliphatic hydroxyl groups excluding tert-OH is 1. The Kier molecular flexibility index (Phi) is 1.99. The second-order valence-electron chi connectivity index (χ2n) is 4.21. The molecule has 0 radical (unpaired) electrons. The summed E-state index contributed by atoms with van der Waals surface area (Å²) in [4.78, 5) is 4.28. The summed E-state index contributed by atoms with van der Waals surface area (Å²) in [6.07, 6.45) is 2.71. The first-order valence-corrected chi connectivity index (χ1v) is 5.36. The summed E-state index contributed by atoms with van der Waals surface area (Å²) in [5, 5.41) is 9.88. The summed E-state index contributed by atoms with van der Waals surface area (Å²) >= 11 is 0. The van der Waals surface area contributed by atoms with Gasteiger partial charge in [0.15, 0.2) is 5.58 Å². The van der Waals surface area contributed by atoms with E-state index >= 15 is 0 Å². The molecule has 0 bridgehead atoms. The van der Waals surface area contributed by atoms with Crippen molar-refractivity contribution in [3.8, 4) is 0 Å². The number of aliphatic hydroxyl groups is 1. The number of oxazole rings is 1. The van der Waals surface area contributed by atoms with E-state index in [4.69, 9.17) is 4.42 Å². The molecule has 0 unspecified atom stereocenters. The van der Waals surface area contributed by atoms with Crippen molar-refractivity contribution in [1.29, 1.82) is 0 Å². The Labute approximate surface area is 87.7 Å². The lowest BCUT2D eigenvalue weighted by Crippen LogP contribution is -1.98. The number of hydrogen-bond donors (Lipinski definition) is 1. The molecule has 3 nitrogen and oxygen atoms in total. The fourth-order valence-corrected chi connectivity index (χ4v) is 1.80. The number of fused-ring (bicyclic) bond motifs is 1. The normalized spacial score (nSPS) is 18.2. The van der Waals surface area contributed by atoms with Gasteiger partial charge in [0.2, 0.25) is 5.89 Å². The summed E-state index contributed by atoms with van der Waals surface area (Å²) < 4.78 is 5.50. The number of rotatable bonds is 3. The zero-order chi connectivity index (χ0) is 10.3. The summed E-state index contributed by atoms with van der Waals surface area (Å²) in [5.74, 6) is 1.14. The van der Waals surface area contributed by atoms with Gasteiger partial charge in [-0.25, -0.2) is 4.98 Å². The molecule has 2 aromatic rings. The number of benzene rings is 1. The molecule has 0 saturated heterocycles. The van der Waals surface area contributed by atoms with Crippen LogP contribution in [0.1, 0.15) is 31.3 Å². The molecule has 0 aliphatic heterocycles. The van der Waals surface area contributed by atoms with Crippen LogP contribution in [0.5, 0.6) is 0 Å². The molecule has 0 amide bonds. The average molecular weight is 203 g/mol. The van der Waals surface area contributed by atoms with Crippen molar-refractivity contribution in [2.24, 2.45) is 5.92 Å². The fourth-order valence-electron chi connectivity index (χ4n) is 1.80. The van der Waals surface area contributed by atoms with Crippen LogP contribution in [0.2, 0.25) is 0 Å². The molecule has 1 heterocycles. The lowest BCUT2D eigenvalue weighted by atomic mass is 10.2. The predicted molar refractivity (Wildman–Crippen MR) is 56.3 cm³/mol. The van der Waals surface area contributed by atoms with Gasteiger partial charge in [-0.15, -0.1) is 0 Å². The van der Waals surface area contributed by atoms with Crippen LogP contribution in [0.3, 0.4) is 0 Å². The van der Waals surface area contributed by atoms with Gasteiger partial charge in [0.25, 0.3) is 0 Å². The lowest BCUT2D eigenvalue weighted by molar-refractivity contribution is 0.130. The molecular formula is C12H13NO2. The smallest absolute Gasteiger partial charge is 0.224 e. The minimum Gasteiger partial charge on any atom is -0.438 e. The Hall–Kier alpha value is -1.35. The standard InChI is InChI=1S/C12H13NO2/c14-10(7-8-5-6-8)12-13-9-3-1-2-4-11(9)15-12/h1-4,8,10,14H,5-7H2/t10-/m0/s1. The van der Waals surface area contributed by atoms with Gasteiger partial charge in [0.05, 0.1) is 0 Å². The van der Waals surface area contributed by atoms with Crippen LogP contribution in [0, 0.1) is 5.92 Å². The van der Waals surface area contributed by atoms with E-state index in [0.717, 1.165) is 17.5 Å². The second-order valence-corrected chi connectivity index (χ2v) is 4.21. The Morgan fingerprint density at radius 3 is 2.93 bits per heavy atom. The first kappa shape index (κ1) is 8.92. The largest absolute Gasteiger partial charge is 0.438 e. The van der Waals surface area contributed by atoms with E-state index in [1.165, 1.54) is 12.8 Å². The Bertz CT molecular complexity index is 440. The molecule has 1 aliphatic carbocycles. The highest BCUT2D eigenvalue weighted by atomic mass is 16.4. The predicted octanol–water partition coefficient (Wildman–Crippen LogP) is 2.66. The van der Waals surface area contributed by atoms with Gasteiger partial charge >= 0.3 is 0 Å². The van der Waals surface area contributed by atoms with E-state index < -0.39 is 6.10 Å². The van der Waals surface area contributed by atoms with Crippen LogP contribution >= 0.6 is 0 Å². The molecule has 1 fully saturated rings. The third kappa shape index (κ3) is 1.75. The first-order chi connectivity index (χ1) is 7.33. The third-order valence-corrected chi connectivity index (χ3v) is 2.85. The van der Waals surface area contributed by atoms with E-state index in [-0.39, 0.29) is 0 Å². The van der Waals surface area contributed by atoms with Gasteiger partial charge in [-0.1, -0.05) is 25.0 Å². The highest BCUT2D eigenvalue weighted by Crippen LogP contribution is 2.37. The van der Waals surface area contributed by atoms with Gasteiger partial charge in [0.1, 0.15) is 11.6 Å². The summed E-state index contributed by atoms with van der Waals surface area (Å²) in [6.45, 7) is 0. The Balaban J connectivity index is 1.89. The molecule has 1 aromatic heterocycles. The molecule has 1 aromatic carbocycles. The van der Waals surface area contributed by atoms with Crippen LogP contribution in [0.15, 0.2) is 28.7 Å². The highest BCUT2D eigenvalue weighted by Gasteiger charge is 2.27. The Morgan fingerprint density at radius 2 is 2.20 bits per heavy atom. The molecule has 3 rings (SSSR count). The van der Waals surface area contributed by atoms with Crippen LogP contribution < -0.4 is 0 Å². The molecular weight excluding hydrogens is 190 g/mol. The quantitative estimate of drug-likeness (QED) is 0.834. The van der Waals surface area contributed by atoms with Crippen molar-refractivity contribution in [2.45, 2.75) is 25.4 Å². The van der Waals surface area contributed by atoms with Crippen molar-refractivity contribution < 1.29 is 9.52 Å². The van der Waals surface area contributed by atoms with Crippen molar-refractivity contribution in [3.63, 3.8) is 0 Å². The molecule has 1 aliphatic rings. The topological polar surface area (TPSA) is 46.3 Å². The highest BCUT2D eigenvalue weighted by molar-refractivity contribution is 5.72. The van der Waals surface area contributed by atoms with Gasteiger partial charge < -0.3 is 9.52 Å². The van der Waals surface area contributed by atoms with Crippen molar-refractivity contribution in [2.75, 3.05) is 0 Å². The summed E-state index contributed by atoms with van der Waals surface area (Å²) in [6, 6.07) is 7.59. The van der Waals surface area contributed by atoms with Crippen LogP contribution in [-0.2, 0) is 0 Å². The van der Waals surface area contributed by atoms with Crippen LogP contribution in [0.4, 0.5) is 0 Å². The third-order valence-electron chi connectivity index (χ3n) is 2.85. The van der Waals surface area contributed by atoms with E-state index in [2.05, 4.69) is 4.98 Å². The fraction of sp³-hybridized carbons (Fsp3) is 0.417. The van der Waals surface area contributed by atoms with E-state index in [0.29, 0.717) is 11.8 Å². The minimum atomic E-state index is -0.537. The van der Waals surface area contributed by atoms with Crippen LogP contribution in [-0.4, -0.2) is 10.1 Å². The van der Waals surface area contributed by atoms with Crippen molar-refractivity contribution in [3.05, 3.63) is 30.2 Å². The van der Waals surface area contributed by atoms with Gasteiger partial charge in [-0.2, -0.15) is 0 Å². The maximum atomic E-state index is 9.88. The molecule has 78 valence electrons. The summed E-state index contributed by atoms with van der Waals surface area (Å²) in [5.41, 5.74) is 1.57. The lowest BCUT2D eigenvalue weighted by Gasteiger charge is -2.03. The van der Waals surface area contributed by atoms with E-state index in [9.17, 15) is 5.11 Å². The number of hydrogen-bond acceptors (Lipinski definition) is 3. The summed E-state index contributed by atoms with van der Waals surface area (Å²) in [7, 11) is 0. The molecule has 1 N–H and O–H groups in total. The maximum Gasteiger partial charge on any atom is 0.224 e. The van der Waals surface area contributed by atoms with Gasteiger partial charge in [-0.05, 0) is 24.5 Å². The zero-order valence-electron chi connectivity index (χ0n) is 8.39. The van der Waals surface area contributed by atoms with Crippen molar-refractivity contribution in [1.82, 2.24) is 4.98 Å². The van der Waals surface area contributed by atoms with E-state index in [1.807, 2.05) is 24.3 Å². The van der Waals surface area contributed by atoms with Crippen molar-refractivity contribution >= 4 is 11.1 Å². The minimum absolute atomic E-state index is 0.461. The maximum absolute atomic E-state index is 9.88. The molecule has 3 heteroatoms. The average Bonchev–Trinajstić information content (AvgIpc) is 2.95. The first-order valence-electron chi connectivity index (χ1n) is 5.36. The monoisotopic (exact) mass is 203 g/mol. The molecule has 1 saturated carbocycles.